The predicted octanol–water partition coefficient (Wildman–Crippen LogP) is 3.45. The highest BCUT2D eigenvalue weighted by Crippen LogP contribution is 2.30. The number of rotatable bonds is 6. The summed E-state index contributed by atoms with van der Waals surface area (Å²) >= 11 is 0. The first-order valence-corrected chi connectivity index (χ1v) is 11.7. The van der Waals surface area contributed by atoms with Gasteiger partial charge in [0, 0.05) is 31.1 Å². The number of anilines is 1. The van der Waals surface area contributed by atoms with E-state index in [1.165, 1.54) is 5.56 Å². The summed E-state index contributed by atoms with van der Waals surface area (Å²) in [5, 5.41) is 10.2. The second kappa shape index (κ2) is 8.72. The molecule has 34 heavy (non-hydrogen) atoms. The molecule has 2 N–H and O–H groups in total. The van der Waals surface area contributed by atoms with Crippen LogP contribution in [0, 0.1) is 5.92 Å². The molecule has 2 fully saturated rings. The molecule has 0 atom stereocenters. The number of hydrogen-bond donors (Lipinski definition) is 2. The van der Waals surface area contributed by atoms with Crippen LogP contribution >= 0.6 is 0 Å². The van der Waals surface area contributed by atoms with E-state index in [9.17, 15) is 9.59 Å². The fourth-order valence-electron chi connectivity index (χ4n) is 4.04. The molecule has 3 aromatic rings. The molecule has 0 unspecified atom stereocenters. The summed E-state index contributed by atoms with van der Waals surface area (Å²) in [5.74, 6) is 0.443. The van der Waals surface area contributed by atoms with E-state index in [2.05, 4.69) is 49.9 Å². The van der Waals surface area contributed by atoms with E-state index in [1.54, 1.807) is 4.52 Å². The van der Waals surface area contributed by atoms with Crippen LogP contribution in [-0.4, -0.2) is 56.2 Å². The Morgan fingerprint density at radius 1 is 1.09 bits per heavy atom. The highest BCUT2D eigenvalue weighted by molar-refractivity contribution is 5.92. The van der Waals surface area contributed by atoms with Crippen molar-refractivity contribution in [3.8, 4) is 11.3 Å². The maximum atomic E-state index is 12.1. The lowest BCUT2D eigenvalue weighted by Crippen LogP contribution is -2.59. The Kier molecular flexibility index (Phi) is 5.73. The Bertz CT molecular complexity index is 1200. The van der Waals surface area contributed by atoms with Gasteiger partial charge in [0.05, 0.1) is 11.7 Å². The Hall–Kier alpha value is -3.46. The van der Waals surface area contributed by atoms with Crippen molar-refractivity contribution >= 4 is 23.6 Å². The second-order valence-corrected chi connectivity index (χ2v) is 10.1. The van der Waals surface area contributed by atoms with Crippen LogP contribution in [0.1, 0.15) is 39.2 Å². The molecule has 0 bridgehead atoms. The van der Waals surface area contributed by atoms with E-state index < -0.39 is 5.60 Å². The number of carbonyl (C=O) groups excluding carboxylic acids is 2. The largest absolute Gasteiger partial charge is 0.444 e. The van der Waals surface area contributed by atoms with E-state index in [0.717, 1.165) is 43.7 Å². The average Bonchev–Trinajstić information content (AvgIpc) is 3.51. The van der Waals surface area contributed by atoms with Gasteiger partial charge in [0.25, 0.3) is 0 Å². The van der Waals surface area contributed by atoms with Gasteiger partial charge in [-0.25, -0.2) is 9.31 Å². The Labute approximate surface area is 198 Å². The van der Waals surface area contributed by atoms with Crippen LogP contribution in [0.3, 0.4) is 0 Å². The number of fused-ring (bicyclic) bond motifs is 1. The summed E-state index contributed by atoms with van der Waals surface area (Å²) in [6, 6.07) is 14.3. The standard InChI is InChI=1S/C25H30N6O3/c1-25(2,3)34-24(33)26-19-14-30(15-19)13-16-7-9-17(10-8-16)20-5-4-6-21-27-23(29-31(20)21)28-22(32)18-11-12-18/h4-10,18-19H,11-15H2,1-3H3,(H,26,33)(H,28,29,32). The monoisotopic (exact) mass is 462 g/mol. The number of carbonyl (C=O) groups is 2. The van der Waals surface area contributed by atoms with Crippen molar-refractivity contribution in [1.29, 1.82) is 0 Å². The first-order valence-electron chi connectivity index (χ1n) is 11.7. The Morgan fingerprint density at radius 3 is 2.50 bits per heavy atom. The Balaban J connectivity index is 1.19. The van der Waals surface area contributed by atoms with E-state index in [1.807, 2.05) is 39.0 Å². The topological polar surface area (TPSA) is 101 Å². The first-order chi connectivity index (χ1) is 16.2. The molecule has 1 aliphatic heterocycles. The molecule has 2 aliphatic rings. The van der Waals surface area contributed by atoms with Gasteiger partial charge in [-0.05, 0) is 51.3 Å². The summed E-state index contributed by atoms with van der Waals surface area (Å²) in [7, 11) is 0. The number of pyridine rings is 1. The van der Waals surface area contributed by atoms with Crippen LogP contribution < -0.4 is 10.6 Å². The van der Waals surface area contributed by atoms with Crippen LogP contribution in [0.5, 0.6) is 0 Å². The number of benzene rings is 1. The predicted molar refractivity (Wildman–Crippen MR) is 128 cm³/mol. The van der Waals surface area contributed by atoms with Crippen molar-refractivity contribution in [3.63, 3.8) is 0 Å². The SMILES string of the molecule is CC(C)(C)OC(=O)NC1CN(Cc2ccc(-c3cccc4nc(NC(=O)C5CC5)nn34)cc2)C1. The van der Waals surface area contributed by atoms with Gasteiger partial charge < -0.3 is 10.1 Å². The molecule has 9 nitrogen and oxygen atoms in total. The van der Waals surface area contributed by atoms with Gasteiger partial charge in [0.2, 0.25) is 11.9 Å². The van der Waals surface area contributed by atoms with Crippen LogP contribution in [0.4, 0.5) is 10.7 Å². The van der Waals surface area contributed by atoms with Crippen molar-refractivity contribution in [2.24, 2.45) is 5.92 Å². The normalized spacial score (nSPS) is 16.8. The maximum absolute atomic E-state index is 12.1. The molecule has 3 heterocycles. The second-order valence-electron chi connectivity index (χ2n) is 10.1. The molecular weight excluding hydrogens is 432 g/mol. The van der Waals surface area contributed by atoms with Gasteiger partial charge in [-0.1, -0.05) is 30.3 Å². The lowest BCUT2D eigenvalue weighted by atomic mass is 10.0. The minimum atomic E-state index is -0.488. The van der Waals surface area contributed by atoms with Crippen molar-refractivity contribution < 1.29 is 14.3 Å². The lowest BCUT2D eigenvalue weighted by Gasteiger charge is -2.39. The van der Waals surface area contributed by atoms with Crippen LogP contribution in [0.15, 0.2) is 42.5 Å². The number of likely N-dealkylation sites (tertiary alicyclic amines) is 1. The number of nitrogens with zero attached hydrogens (tertiary/aromatic N) is 4. The first kappa shape index (κ1) is 22.3. The average molecular weight is 463 g/mol. The van der Waals surface area contributed by atoms with Crippen molar-refractivity contribution in [1.82, 2.24) is 24.8 Å². The molecular formula is C25H30N6O3. The van der Waals surface area contributed by atoms with Crippen molar-refractivity contribution in [2.45, 2.75) is 51.8 Å². The zero-order valence-electron chi connectivity index (χ0n) is 19.7. The summed E-state index contributed by atoms with van der Waals surface area (Å²) in [6.07, 6.45) is 1.52. The fourth-order valence-corrected chi connectivity index (χ4v) is 4.04. The van der Waals surface area contributed by atoms with Gasteiger partial charge in [0.1, 0.15) is 5.60 Å². The third-order valence-electron chi connectivity index (χ3n) is 5.88. The molecule has 178 valence electrons. The summed E-state index contributed by atoms with van der Waals surface area (Å²) in [5.41, 5.74) is 3.33. The lowest BCUT2D eigenvalue weighted by molar-refractivity contribution is -0.117. The van der Waals surface area contributed by atoms with Crippen LogP contribution in [0.2, 0.25) is 0 Å². The van der Waals surface area contributed by atoms with Crippen molar-refractivity contribution in [2.75, 3.05) is 18.4 Å². The number of aromatic nitrogens is 3. The summed E-state index contributed by atoms with van der Waals surface area (Å²) in [6.45, 7) is 8.00. The number of alkyl carbamates (subject to hydrolysis) is 1. The van der Waals surface area contributed by atoms with Crippen molar-refractivity contribution in [3.05, 3.63) is 48.0 Å². The molecule has 1 saturated heterocycles. The smallest absolute Gasteiger partial charge is 0.407 e. The van der Waals surface area contributed by atoms with E-state index in [4.69, 9.17) is 4.74 Å². The number of hydrogen-bond acceptors (Lipinski definition) is 6. The van der Waals surface area contributed by atoms with Gasteiger partial charge >= 0.3 is 6.09 Å². The summed E-state index contributed by atoms with van der Waals surface area (Å²) < 4.78 is 7.08. The summed E-state index contributed by atoms with van der Waals surface area (Å²) in [4.78, 5) is 30.7. The van der Waals surface area contributed by atoms with Gasteiger partial charge in [-0.15, -0.1) is 5.10 Å². The van der Waals surface area contributed by atoms with E-state index in [-0.39, 0.29) is 24.0 Å². The molecule has 9 heteroatoms. The third-order valence-corrected chi connectivity index (χ3v) is 5.88. The molecule has 0 spiro atoms. The number of nitrogens with one attached hydrogen (secondary N) is 2. The molecule has 2 amide bonds. The van der Waals surface area contributed by atoms with Gasteiger partial charge in [0.15, 0.2) is 5.65 Å². The van der Waals surface area contributed by atoms with E-state index >= 15 is 0 Å². The molecule has 5 rings (SSSR count). The molecule has 1 aliphatic carbocycles. The third kappa shape index (κ3) is 5.20. The molecule has 2 aromatic heterocycles. The number of amides is 2. The van der Waals surface area contributed by atoms with Crippen LogP contribution in [-0.2, 0) is 16.1 Å². The minimum Gasteiger partial charge on any atom is -0.444 e. The zero-order chi connectivity index (χ0) is 23.9. The highest BCUT2D eigenvalue weighted by atomic mass is 16.6. The fraction of sp³-hybridized carbons (Fsp3) is 0.440. The number of ether oxygens (including phenoxy) is 1. The highest BCUT2D eigenvalue weighted by Gasteiger charge is 2.31. The Morgan fingerprint density at radius 2 is 1.82 bits per heavy atom. The van der Waals surface area contributed by atoms with Crippen LogP contribution in [0.25, 0.3) is 16.9 Å². The molecule has 0 radical (unpaired) electrons. The molecule has 1 aromatic carbocycles. The van der Waals surface area contributed by atoms with Gasteiger partial charge in [-0.3, -0.25) is 15.0 Å². The zero-order valence-corrected chi connectivity index (χ0v) is 19.7. The maximum Gasteiger partial charge on any atom is 0.407 e. The van der Waals surface area contributed by atoms with Gasteiger partial charge in [-0.2, -0.15) is 4.98 Å². The van der Waals surface area contributed by atoms with E-state index in [0.29, 0.717) is 11.6 Å². The quantitative estimate of drug-likeness (QED) is 0.582. The minimum absolute atomic E-state index is 0.00339. The molecule has 1 saturated carbocycles.